The SMILES string of the molecule is CC(C)S(=O)(=O)NCC1CCC(Nc2nc(-c3ccc(F)c(F)c3)no2)CC1. The van der Waals surface area contributed by atoms with Crippen molar-refractivity contribution in [1.29, 1.82) is 0 Å². The Morgan fingerprint density at radius 1 is 1.18 bits per heavy atom. The second kappa shape index (κ2) is 8.52. The summed E-state index contributed by atoms with van der Waals surface area (Å²) in [5.41, 5.74) is 0.330. The number of hydrogen-bond acceptors (Lipinski definition) is 6. The average molecular weight is 414 g/mol. The summed E-state index contributed by atoms with van der Waals surface area (Å²) in [5.74, 6) is -1.42. The summed E-state index contributed by atoms with van der Waals surface area (Å²) in [4.78, 5) is 4.18. The van der Waals surface area contributed by atoms with Gasteiger partial charge in [0.05, 0.1) is 5.25 Å². The van der Waals surface area contributed by atoms with E-state index in [1.807, 2.05) is 0 Å². The minimum absolute atomic E-state index is 0.135. The van der Waals surface area contributed by atoms with Gasteiger partial charge in [-0.25, -0.2) is 21.9 Å². The zero-order valence-electron chi connectivity index (χ0n) is 15.8. The lowest BCUT2D eigenvalue weighted by molar-refractivity contribution is 0.330. The van der Waals surface area contributed by atoms with Crippen molar-refractivity contribution in [1.82, 2.24) is 14.9 Å². The van der Waals surface area contributed by atoms with Crippen molar-refractivity contribution in [3.05, 3.63) is 29.8 Å². The first-order chi connectivity index (χ1) is 13.2. The number of aromatic nitrogens is 2. The number of halogens is 2. The summed E-state index contributed by atoms with van der Waals surface area (Å²) >= 11 is 0. The van der Waals surface area contributed by atoms with Gasteiger partial charge in [-0.1, -0.05) is 5.16 Å². The molecule has 0 unspecified atom stereocenters. The fourth-order valence-corrected chi connectivity index (χ4v) is 3.92. The first kappa shape index (κ1) is 20.7. The van der Waals surface area contributed by atoms with Gasteiger partial charge in [-0.3, -0.25) is 0 Å². The molecule has 0 radical (unpaired) electrons. The Bertz CT molecular complexity index is 909. The molecule has 28 heavy (non-hydrogen) atoms. The third kappa shape index (κ3) is 5.05. The largest absolute Gasteiger partial charge is 0.335 e. The molecule has 1 saturated carbocycles. The highest BCUT2D eigenvalue weighted by atomic mass is 32.2. The maximum absolute atomic E-state index is 13.3. The van der Waals surface area contributed by atoms with E-state index in [4.69, 9.17) is 4.52 Å². The number of hydrogen-bond donors (Lipinski definition) is 2. The van der Waals surface area contributed by atoms with E-state index in [0.29, 0.717) is 18.0 Å². The molecule has 0 bridgehead atoms. The highest BCUT2D eigenvalue weighted by Crippen LogP contribution is 2.27. The van der Waals surface area contributed by atoms with E-state index in [1.165, 1.54) is 6.07 Å². The second-order valence-electron chi connectivity index (χ2n) is 7.36. The summed E-state index contributed by atoms with van der Waals surface area (Å²) < 4.78 is 57.9. The van der Waals surface area contributed by atoms with Crippen molar-refractivity contribution in [3.8, 4) is 11.4 Å². The number of nitrogens with zero attached hydrogens (tertiary/aromatic N) is 2. The quantitative estimate of drug-likeness (QED) is 0.721. The fraction of sp³-hybridized carbons (Fsp3) is 0.556. The molecule has 0 spiro atoms. The van der Waals surface area contributed by atoms with Gasteiger partial charge < -0.3 is 9.84 Å². The van der Waals surface area contributed by atoms with E-state index in [1.54, 1.807) is 13.8 Å². The monoisotopic (exact) mass is 414 g/mol. The van der Waals surface area contributed by atoms with Gasteiger partial charge in [-0.05, 0) is 63.6 Å². The van der Waals surface area contributed by atoms with Crippen LogP contribution in [0.25, 0.3) is 11.4 Å². The first-order valence-corrected chi connectivity index (χ1v) is 10.8. The van der Waals surface area contributed by atoms with Crippen LogP contribution in [-0.4, -0.2) is 36.4 Å². The molecule has 1 fully saturated rings. The summed E-state index contributed by atoms with van der Waals surface area (Å²) in [7, 11) is -3.24. The molecule has 1 aromatic carbocycles. The molecule has 154 valence electrons. The summed E-state index contributed by atoms with van der Waals surface area (Å²) in [6.45, 7) is 3.76. The van der Waals surface area contributed by atoms with Crippen LogP contribution in [0.3, 0.4) is 0 Å². The average Bonchev–Trinajstić information content (AvgIpc) is 3.12. The molecule has 2 N–H and O–H groups in total. The van der Waals surface area contributed by atoms with Crippen molar-refractivity contribution >= 4 is 16.0 Å². The molecule has 2 aromatic rings. The van der Waals surface area contributed by atoms with Gasteiger partial charge in [-0.15, -0.1) is 0 Å². The van der Waals surface area contributed by atoms with Crippen LogP contribution in [0.5, 0.6) is 0 Å². The van der Waals surface area contributed by atoms with Gasteiger partial charge in [0.25, 0.3) is 0 Å². The Kier molecular flexibility index (Phi) is 6.29. The number of nitrogens with one attached hydrogen (secondary N) is 2. The van der Waals surface area contributed by atoms with E-state index < -0.39 is 26.9 Å². The van der Waals surface area contributed by atoms with Crippen molar-refractivity contribution in [2.75, 3.05) is 11.9 Å². The van der Waals surface area contributed by atoms with Crippen molar-refractivity contribution in [3.63, 3.8) is 0 Å². The molecule has 0 saturated heterocycles. The van der Waals surface area contributed by atoms with Gasteiger partial charge in [0, 0.05) is 18.2 Å². The van der Waals surface area contributed by atoms with E-state index in [-0.39, 0.29) is 17.9 Å². The molecule has 7 nitrogen and oxygen atoms in total. The Hall–Kier alpha value is -2.07. The van der Waals surface area contributed by atoms with Crippen LogP contribution in [0.2, 0.25) is 0 Å². The van der Waals surface area contributed by atoms with E-state index >= 15 is 0 Å². The molecule has 3 rings (SSSR count). The van der Waals surface area contributed by atoms with Crippen LogP contribution < -0.4 is 10.0 Å². The lowest BCUT2D eigenvalue weighted by atomic mass is 9.86. The Morgan fingerprint density at radius 2 is 1.89 bits per heavy atom. The summed E-state index contributed by atoms with van der Waals surface area (Å²) in [6.07, 6.45) is 3.44. The van der Waals surface area contributed by atoms with Gasteiger partial charge in [0.15, 0.2) is 11.6 Å². The first-order valence-electron chi connectivity index (χ1n) is 9.28. The zero-order chi connectivity index (χ0) is 20.3. The minimum atomic E-state index is -3.24. The van der Waals surface area contributed by atoms with Crippen molar-refractivity contribution in [2.45, 2.75) is 50.8 Å². The molecular weight excluding hydrogens is 390 g/mol. The molecule has 10 heteroatoms. The third-order valence-corrected chi connectivity index (χ3v) is 6.78. The molecule has 0 atom stereocenters. The smallest absolute Gasteiger partial charge is 0.322 e. The minimum Gasteiger partial charge on any atom is -0.335 e. The third-order valence-electron chi connectivity index (χ3n) is 4.97. The summed E-state index contributed by atoms with van der Waals surface area (Å²) in [5, 5.41) is 6.52. The number of anilines is 1. The maximum Gasteiger partial charge on any atom is 0.322 e. The molecule has 0 amide bonds. The lowest BCUT2D eigenvalue weighted by Crippen LogP contribution is -2.37. The molecule has 1 aliphatic carbocycles. The van der Waals surface area contributed by atoms with Crippen molar-refractivity contribution < 1.29 is 21.7 Å². The standard InChI is InChI=1S/C18H24F2N4O3S/c1-11(2)28(25,26)21-10-12-3-6-14(7-4-12)22-18-23-17(24-27-18)13-5-8-15(19)16(20)9-13/h5,8-9,11-12,14,21H,3-4,6-7,10H2,1-2H3,(H,22,23,24). The van der Waals surface area contributed by atoms with E-state index in [2.05, 4.69) is 20.2 Å². The predicted molar refractivity (Wildman–Crippen MR) is 101 cm³/mol. The highest BCUT2D eigenvalue weighted by Gasteiger charge is 2.25. The Balaban J connectivity index is 1.50. The fourth-order valence-electron chi connectivity index (χ4n) is 3.12. The predicted octanol–water partition coefficient (Wildman–Crippen LogP) is 3.31. The Labute approximate surface area is 163 Å². The topological polar surface area (TPSA) is 97.1 Å². The van der Waals surface area contributed by atoms with E-state index in [9.17, 15) is 17.2 Å². The maximum atomic E-state index is 13.3. The normalized spacial score (nSPS) is 20.5. The van der Waals surface area contributed by atoms with Crippen molar-refractivity contribution in [2.24, 2.45) is 5.92 Å². The van der Waals surface area contributed by atoms with Crippen LogP contribution in [0.1, 0.15) is 39.5 Å². The number of sulfonamides is 1. The lowest BCUT2D eigenvalue weighted by Gasteiger charge is -2.28. The number of rotatable bonds is 7. The number of benzene rings is 1. The van der Waals surface area contributed by atoms with Gasteiger partial charge >= 0.3 is 6.01 Å². The molecular formula is C18H24F2N4O3S. The highest BCUT2D eigenvalue weighted by molar-refractivity contribution is 7.90. The summed E-state index contributed by atoms with van der Waals surface area (Å²) in [6, 6.07) is 3.78. The van der Waals surface area contributed by atoms with Crippen LogP contribution in [0.15, 0.2) is 22.7 Å². The van der Waals surface area contributed by atoms with Crippen LogP contribution in [0, 0.1) is 17.6 Å². The van der Waals surface area contributed by atoms with Gasteiger partial charge in [0.1, 0.15) is 0 Å². The molecule has 1 aromatic heterocycles. The van der Waals surface area contributed by atoms with E-state index in [0.717, 1.165) is 37.8 Å². The molecule has 1 aliphatic rings. The second-order valence-corrected chi connectivity index (χ2v) is 9.68. The van der Waals surface area contributed by atoms with Crippen LogP contribution in [-0.2, 0) is 10.0 Å². The zero-order valence-corrected chi connectivity index (χ0v) is 16.6. The van der Waals surface area contributed by atoms with Gasteiger partial charge in [0.2, 0.25) is 15.8 Å². The van der Waals surface area contributed by atoms with Crippen LogP contribution >= 0.6 is 0 Å². The Morgan fingerprint density at radius 3 is 2.54 bits per heavy atom. The van der Waals surface area contributed by atoms with Gasteiger partial charge in [-0.2, -0.15) is 4.98 Å². The molecule has 0 aliphatic heterocycles. The van der Waals surface area contributed by atoms with Crippen LogP contribution in [0.4, 0.5) is 14.8 Å². The molecule has 1 heterocycles.